The zero-order chi connectivity index (χ0) is 22.9. The number of phenols is 2. The Morgan fingerprint density at radius 3 is 2.52 bits per heavy atom. The van der Waals surface area contributed by atoms with E-state index < -0.39 is 12.0 Å². The molecule has 1 unspecified atom stereocenters. The van der Waals surface area contributed by atoms with Gasteiger partial charge in [-0.15, -0.1) is 0 Å². The molecule has 0 aromatic heterocycles. The van der Waals surface area contributed by atoms with Crippen LogP contribution in [0.2, 0.25) is 0 Å². The number of carbonyl (C=O) groups excluding carboxylic acids is 2. The second-order valence-electron chi connectivity index (χ2n) is 9.11. The molecule has 3 aliphatic carbocycles. The van der Waals surface area contributed by atoms with Gasteiger partial charge in [0.2, 0.25) is 5.91 Å². The molecule has 7 nitrogen and oxygen atoms in total. The third-order valence-electron chi connectivity index (χ3n) is 7.43. The van der Waals surface area contributed by atoms with Crippen LogP contribution in [0.25, 0.3) is 0 Å². The van der Waals surface area contributed by atoms with Crippen molar-refractivity contribution in [3.05, 3.63) is 23.3 Å². The lowest BCUT2D eigenvalue weighted by Gasteiger charge is -2.48. The fourth-order valence-electron chi connectivity index (χ4n) is 5.84. The topological polar surface area (TPSA) is 124 Å². The van der Waals surface area contributed by atoms with E-state index in [2.05, 4.69) is 24.9 Å². The van der Waals surface area contributed by atoms with E-state index in [1.165, 1.54) is 12.5 Å². The van der Waals surface area contributed by atoms with E-state index in [-0.39, 0.29) is 28.6 Å². The van der Waals surface area contributed by atoms with Crippen LogP contribution in [0.3, 0.4) is 0 Å². The van der Waals surface area contributed by atoms with Crippen LogP contribution in [-0.4, -0.2) is 44.8 Å². The van der Waals surface area contributed by atoms with Crippen LogP contribution in [0.5, 0.6) is 11.5 Å². The highest BCUT2D eigenvalue weighted by molar-refractivity contribution is 7.80. The van der Waals surface area contributed by atoms with Gasteiger partial charge >= 0.3 is 5.97 Å². The average molecular weight is 450 g/mol. The number of aromatic hydroxyl groups is 2. The first-order chi connectivity index (χ1) is 14.6. The Morgan fingerprint density at radius 1 is 1.23 bits per heavy atom. The quantitative estimate of drug-likeness (QED) is 0.357. The van der Waals surface area contributed by atoms with Gasteiger partial charge in [-0.25, -0.2) is 4.79 Å². The maximum atomic E-state index is 12.3. The van der Waals surface area contributed by atoms with Crippen LogP contribution in [0.1, 0.15) is 63.0 Å². The molecule has 4 rings (SSSR count). The van der Waals surface area contributed by atoms with Crippen molar-refractivity contribution in [3.8, 4) is 11.5 Å². The molecule has 4 N–H and O–H groups in total. The second kappa shape index (κ2) is 9.10. The first-order valence-electron chi connectivity index (χ1n) is 10.8. The number of aliphatic carboxylic acids is 1. The van der Waals surface area contributed by atoms with Crippen LogP contribution >= 0.6 is 12.6 Å². The number of thiol groups is 1. The maximum absolute atomic E-state index is 12.3. The van der Waals surface area contributed by atoms with Crippen molar-refractivity contribution in [1.29, 1.82) is 0 Å². The van der Waals surface area contributed by atoms with E-state index in [4.69, 9.17) is 5.11 Å². The SMILES string of the molecule is CC(=O)NC(CS)C(=O)O.C[C@]12CC[C@@H]3c4ccc(O)c(O)c4CC[C@H]3[C@@H]1CCC2=O. The summed E-state index contributed by atoms with van der Waals surface area (Å²) in [7, 11) is 0. The molecule has 0 radical (unpaired) electrons. The van der Waals surface area contributed by atoms with Crippen molar-refractivity contribution >= 4 is 30.3 Å². The third kappa shape index (κ3) is 4.40. The van der Waals surface area contributed by atoms with Crippen molar-refractivity contribution in [3.63, 3.8) is 0 Å². The van der Waals surface area contributed by atoms with Crippen LogP contribution in [0, 0.1) is 17.3 Å². The smallest absolute Gasteiger partial charge is 0.327 e. The number of carboxylic acid groups (broad SMARTS) is 1. The van der Waals surface area contributed by atoms with E-state index in [9.17, 15) is 24.6 Å². The zero-order valence-electron chi connectivity index (χ0n) is 17.9. The molecular formula is C23H31NO6S. The number of Topliss-reactive ketones (excluding diaryl/α,β-unsaturated/α-hetero) is 1. The van der Waals surface area contributed by atoms with Gasteiger partial charge in [0.25, 0.3) is 0 Å². The monoisotopic (exact) mass is 449 g/mol. The van der Waals surface area contributed by atoms with Crippen molar-refractivity contribution in [2.45, 2.75) is 64.3 Å². The largest absolute Gasteiger partial charge is 0.504 e. The lowest BCUT2D eigenvalue weighted by atomic mass is 9.55. The first-order valence-corrected chi connectivity index (χ1v) is 11.4. The van der Waals surface area contributed by atoms with Gasteiger partial charge < -0.3 is 20.6 Å². The lowest BCUT2D eigenvalue weighted by molar-refractivity contribution is -0.140. The van der Waals surface area contributed by atoms with Gasteiger partial charge in [0, 0.05) is 30.1 Å². The summed E-state index contributed by atoms with van der Waals surface area (Å²) in [6, 6.07) is 2.73. The molecule has 1 aromatic carbocycles. The Balaban J connectivity index is 0.000000233. The van der Waals surface area contributed by atoms with Crippen molar-refractivity contribution in [1.82, 2.24) is 5.32 Å². The molecule has 0 bridgehead atoms. The standard InChI is InChI=1S/C18H22O3.C5H9NO3S/c1-18-9-8-11-10-4-6-15(19)17(21)13(10)3-2-12(11)14(18)5-7-16(18)20;1-3(7)6-4(2-10)5(8)9/h4,6,11-12,14,19,21H,2-3,5,7-9H2,1H3;4,10H,2H2,1H3,(H,6,7)(H,8,9)/t11-,12-,14+,18+;/m1./s1. The number of ketones is 1. The highest BCUT2D eigenvalue weighted by Crippen LogP contribution is 2.60. The summed E-state index contributed by atoms with van der Waals surface area (Å²) >= 11 is 3.73. The van der Waals surface area contributed by atoms with Gasteiger partial charge in [0.1, 0.15) is 11.8 Å². The van der Waals surface area contributed by atoms with E-state index in [0.29, 0.717) is 23.5 Å². The van der Waals surface area contributed by atoms with Crippen LogP contribution in [0.4, 0.5) is 0 Å². The molecule has 1 amide bonds. The van der Waals surface area contributed by atoms with Gasteiger partial charge in [-0.05, 0) is 61.5 Å². The van der Waals surface area contributed by atoms with E-state index in [1.54, 1.807) is 6.07 Å². The van der Waals surface area contributed by atoms with E-state index in [1.807, 2.05) is 6.07 Å². The summed E-state index contributed by atoms with van der Waals surface area (Å²) in [5.41, 5.74) is 2.05. The first kappa shape index (κ1) is 23.4. The average Bonchev–Trinajstić information content (AvgIpc) is 3.03. The number of fused-ring (bicyclic) bond motifs is 5. The number of phenolic OH excluding ortho intramolecular Hbond substituents is 2. The predicted octanol–water partition coefficient (Wildman–Crippen LogP) is 3.03. The molecule has 170 valence electrons. The molecular weight excluding hydrogens is 418 g/mol. The van der Waals surface area contributed by atoms with E-state index in [0.717, 1.165) is 44.1 Å². The van der Waals surface area contributed by atoms with Gasteiger partial charge in [-0.2, -0.15) is 12.6 Å². The van der Waals surface area contributed by atoms with Gasteiger partial charge in [-0.1, -0.05) is 13.0 Å². The Bertz CT molecular complexity index is 887. The van der Waals surface area contributed by atoms with Gasteiger partial charge in [-0.3, -0.25) is 9.59 Å². The highest BCUT2D eigenvalue weighted by Gasteiger charge is 2.54. The maximum Gasteiger partial charge on any atom is 0.327 e. The molecule has 1 aromatic rings. The fraction of sp³-hybridized carbons (Fsp3) is 0.609. The van der Waals surface area contributed by atoms with Crippen molar-refractivity contribution < 1.29 is 29.7 Å². The number of rotatable bonds is 3. The number of amides is 1. The summed E-state index contributed by atoms with van der Waals surface area (Å²) < 4.78 is 0. The number of carbonyl (C=O) groups is 3. The molecule has 2 fully saturated rings. The minimum absolute atomic E-state index is 0.0103. The number of hydrogen-bond acceptors (Lipinski definition) is 6. The van der Waals surface area contributed by atoms with Crippen molar-refractivity contribution in [2.75, 3.05) is 5.75 Å². The van der Waals surface area contributed by atoms with Gasteiger partial charge in [0.05, 0.1) is 0 Å². The summed E-state index contributed by atoms with van der Waals surface area (Å²) in [6.07, 6.45) is 5.63. The molecule has 5 atom stereocenters. The Kier molecular flexibility index (Phi) is 6.88. The Hall–Kier alpha value is -2.22. The molecule has 31 heavy (non-hydrogen) atoms. The van der Waals surface area contributed by atoms with Crippen molar-refractivity contribution in [2.24, 2.45) is 17.3 Å². The molecule has 0 spiro atoms. The van der Waals surface area contributed by atoms with Crippen LogP contribution < -0.4 is 5.32 Å². The van der Waals surface area contributed by atoms with Crippen LogP contribution in [-0.2, 0) is 20.8 Å². The van der Waals surface area contributed by atoms with Gasteiger partial charge in [0.15, 0.2) is 11.5 Å². The summed E-state index contributed by atoms with van der Waals surface area (Å²) in [6.45, 7) is 3.44. The Morgan fingerprint density at radius 2 is 1.94 bits per heavy atom. The third-order valence-corrected chi connectivity index (χ3v) is 7.79. The number of benzene rings is 1. The van der Waals surface area contributed by atoms with E-state index >= 15 is 0 Å². The number of nitrogens with one attached hydrogen (secondary N) is 1. The molecule has 3 aliphatic rings. The highest BCUT2D eigenvalue weighted by atomic mass is 32.1. The minimum atomic E-state index is -1.06. The summed E-state index contributed by atoms with van der Waals surface area (Å²) in [5.74, 6) is 0.723. The molecule has 2 saturated carbocycles. The normalized spacial score (nSPS) is 29.5. The number of carboxylic acids is 1. The molecule has 8 heteroatoms. The molecule has 0 aliphatic heterocycles. The zero-order valence-corrected chi connectivity index (χ0v) is 18.8. The summed E-state index contributed by atoms with van der Waals surface area (Å²) in [5, 5.41) is 30.4. The predicted molar refractivity (Wildman–Crippen MR) is 118 cm³/mol. The Labute approximate surface area is 187 Å². The second-order valence-corrected chi connectivity index (χ2v) is 9.47. The molecule has 0 saturated heterocycles. The van der Waals surface area contributed by atoms with Crippen LogP contribution in [0.15, 0.2) is 12.1 Å². The molecule has 0 heterocycles. The summed E-state index contributed by atoms with van der Waals surface area (Å²) in [4.78, 5) is 32.8. The number of hydrogen-bond donors (Lipinski definition) is 5. The lowest BCUT2D eigenvalue weighted by Crippen LogP contribution is -2.42. The minimum Gasteiger partial charge on any atom is -0.504 e. The fourth-order valence-corrected chi connectivity index (χ4v) is 6.09.